The molecule has 36 heavy (non-hydrogen) atoms. The molecule has 0 fully saturated rings. The zero-order valence-corrected chi connectivity index (χ0v) is 20.2. The molecule has 5 rings (SSSR count). The molecular weight excluding hydrogens is 455 g/mol. The molecule has 3 aromatic carbocycles. The zero-order chi connectivity index (χ0) is 25.2. The molecule has 1 aliphatic heterocycles. The Bertz CT molecular complexity index is 1380. The maximum Gasteiger partial charge on any atom is 0.254 e. The lowest BCUT2D eigenvalue weighted by atomic mass is 9.71. The van der Waals surface area contributed by atoms with Crippen molar-refractivity contribution in [3.8, 4) is 5.75 Å². The second kappa shape index (κ2) is 9.82. The first-order chi connectivity index (χ1) is 17.5. The fourth-order valence-corrected chi connectivity index (χ4v) is 5.25. The van der Waals surface area contributed by atoms with Crippen LogP contribution in [0, 0.1) is 5.82 Å². The summed E-state index contributed by atoms with van der Waals surface area (Å²) in [7, 11) is 1.58. The van der Waals surface area contributed by atoms with E-state index in [-0.39, 0.29) is 23.4 Å². The summed E-state index contributed by atoms with van der Waals surface area (Å²) in [6, 6.07) is 23.1. The standard InChI is InChI=1S/C30H27FN2O3/c1-18-27(30(35)33-22-14-12-21(31)13-15-22)28(23-10-6-7-11-26(23)36-2)29-24(32-18)16-20(17-25(29)34)19-8-4-3-5-9-19/h3-15,20,28,32H,16-17H2,1-2H3,(H,33,35)/t20-,28-/m1/s1. The minimum atomic E-state index is -0.595. The van der Waals surface area contributed by atoms with Crippen LogP contribution in [0.1, 0.15) is 42.7 Å². The zero-order valence-electron chi connectivity index (χ0n) is 20.2. The van der Waals surface area contributed by atoms with Crippen LogP contribution >= 0.6 is 0 Å². The molecule has 0 unspecified atom stereocenters. The Hall–Kier alpha value is -4.19. The van der Waals surface area contributed by atoms with Gasteiger partial charge in [-0.3, -0.25) is 9.59 Å². The van der Waals surface area contributed by atoms with Gasteiger partial charge in [-0.1, -0.05) is 48.5 Å². The van der Waals surface area contributed by atoms with Crippen molar-refractivity contribution in [2.24, 2.45) is 0 Å². The molecule has 0 saturated carbocycles. The molecule has 0 radical (unpaired) electrons. The van der Waals surface area contributed by atoms with E-state index in [1.807, 2.05) is 61.5 Å². The highest BCUT2D eigenvalue weighted by atomic mass is 19.1. The summed E-state index contributed by atoms with van der Waals surface area (Å²) < 4.78 is 19.0. The topological polar surface area (TPSA) is 67.4 Å². The predicted molar refractivity (Wildman–Crippen MR) is 137 cm³/mol. The molecule has 1 amide bonds. The van der Waals surface area contributed by atoms with Crippen molar-refractivity contribution in [3.63, 3.8) is 0 Å². The van der Waals surface area contributed by atoms with Crippen LogP contribution in [0.5, 0.6) is 5.75 Å². The van der Waals surface area contributed by atoms with E-state index in [0.717, 1.165) is 16.8 Å². The number of allylic oxidation sites excluding steroid dienone is 3. The summed E-state index contributed by atoms with van der Waals surface area (Å²) in [5.41, 5.74) is 4.89. The number of hydrogen-bond acceptors (Lipinski definition) is 4. The molecule has 1 aliphatic carbocycles. The van der Waals surface area contributed by atoms with Crippen LogP contribution in [-0.2, 0) is 9.59 Å². The largest absolute Gasteiger partial charge is 0.496 e. The van der Waals surface area contributed by atoms with Crippen LogP contribution in [0.15, 0.2) is 101 Å². The number of halogens is 1. The number of hydrogen-bond donors (Lipinski definition) is 2. The normalized spacial score (nSPS) is 19.5. The van der Waals surface area contributed by atoms with Gasteiger partial charge in [0.2, 0.25) is 0 Å². The summed E-state index contributed by atoms with van der Waals surface area (Å²) >= 11 is 0. The number of ether oxygens (including phenoxy) is 1. The molecule has 0 spiro atoms. The lowest BCUT2D eigenvalue weighted by molar-refractivity contribution is -0.116. The van der Waals surface area contributed by atoms with E-state index in [0.29, 0.717) is 41.1 Å². The number of ketones is 1. The average Bonchev–Trinajstić information content (AvgIpc) is 2.89. The van der Waals surface area contributed by atoms with Gasteiger partial charge in [-0.2, -0.15) is 0 Å². The van der Waals surface area contributed by atoms with E-state index >= 15 is 0 Å². The first-order valence-corrected chi connectivity index (χ1v) is 11.9. The van der Waals surface area contributed by atoms with Gasteiger partial charge in [0.05, 0.1) is 13.0 Å². The molecule has 182 valence electrons. The highest BCUT2D eigenvalue weighted by Gasteiger charge is 2.41. The molecule has 2 atom stereocenters. The SMILES string of the molecule is COc1ccccc1[C@@H]1C(C(=O)Nc2ccc(F)cc2)=C(C)NC2=C1C(=O)C[C@H](c1ccccc1)C2. The molecule has 3 aromatic rings. The number of para-hydroxylation sites is 1. The van der Waals surface area contributed by atoms with Crippen molar-refractivity contribution in [2.45, 2.75) is 31.6 Å². The predicted octanol–water partition coefficient (Wildman–Crippen LogP) is 5.83. The Morgan fingerprint density at radius 1 is 0.972 bits per heavy atom. The van der Waals surface area contributed by atoms with Gasteiger partial charge in [0.1, 0.15) is 11.6 Å². The van der Waals surface area contributed by atoms with Crippen LogP contribution in [-0.4, -0.2) is 18.8 Å². The second-order valence-electron chi connectivity index (χ2n) is 9.13. The minimum absolute atomic E-state index is 0.00749. The van der Waals surface area contributed by atoms with Crippen molar-refractivity contribution in [3.05, 3.63) is 118 Å². The quantitative estimate of drug-likeness (QED) is 0.480. The molecule has 2 aliphatic rings. The van der Waals surface area contributed by atoms with Gasteiger partial charge in [-0.05, 0) is 55.2 Å². The van der Waals surface area contributed by atoms with E-state index in [1.165, 1.54) is 24.3 Å². The molecule has 6 heteroatoms. The van der Waals surface area contributed by atoms with E-state index in [9.17, 15) is 14.0 Å². The number of amides is 1. The van der Waals surface area contributed by atoms with Crippen LogP contribution in [0.3, 0.4) is 0 Å². The van der Waals surface area contributed by atoms with Crippen LogP contribution in [0.2, 0.25) is 0 Å². The van der Waals surface area contributed by atoms with Crippen LogP contribution in [0.25, 0.3) is 0 Å². The van der Waals surface area contributed by atoms with Crippen molar-refractivity contribution in [2.75, 3.05) is 12.4 Å². The van der Waals surface area contributed by atoms with Crippen LogP contribution in [0.4, 0.5) is 10.1 Å². The number of anilines is 1. The first kappa shape index (κ1) is 23.5. The third kappa shape index (κ3) is 4.42. The number of benzene rings is 3. The van der Waals surface area contributed by atoms with Crippen molar-refractivity contribution in [1.82, 2.24) is 5.32 Å². The summed E-state index contributed by atoms with van der Waals surface area (Å²) in [5, 5.41) is 6.26. The van der Waals surface area contributed by atoms with Crippen molar-refractivity contribution < 1.29 is 18.7 Å². The Balaban J connectivity index is 1.59. The third-order valence-electron chi connectivity index (χ3n) is 6.90. The average molecular weight is 483 g/mol. The molecule has 1 heterocycles. The Labute approximate surface area is 209 Å². The molecule has 0 saturated heterocycles. The fraction of sp³-hybridized carbons (Fsp3) is 0.200. The number of dihydropyridines is 1. The Morgan fingerprint density at radius 2 is 1.67 bits per heavy atom. The number of nitrogens with one attached hydrogen (secondary N) is 2. The minimum Gasteiger partial charge on any atom is -0.496 e. The number of methoxy groups -OCH3 is 1. The van der Waals surface area contributed by atoms with Gasteiger partial charge < -0.3 is 15.4 Å². The second-order valence-corrected chi connectivity index (χ2v) is 9.13. The highest BCUT2D eigenvalue weighted by Crippen LogP contribution is 2.47. The Kier molecular flexibility index (Phi) is 6.42. The summed E-state index contributed by atoms with van der Waals surface area (Å²) in [4.78, 5) is 27.4. The number of Topliss-reactive ketones (excluding diaryl/α,β-unsaturated/α-hetero) is 1. The lowest BCUT2D eigenvalue weighted by Gasteiger charge is -2.37. The van der Waals surface area contributed by atoms with E-state index in [1.54, 1.807) is 7.11 Å². The smallest absolute Gasteiger partial charge is 0.254 e. The van der Waals surface area contributed by atoms with Gasteiger partial charge in [-0.15, -0.1) is 0 Å². The van der Waals surface area contributed by atoms with Crippen LogP contribution < -0.4 is 15.4 Å². The van der Waals surface area contributed by atoms with Gasteiger partial charge in [0, 0.05) is 40.2 Å². The van der Waals surface area contributed by atoms with Gasteiger partial charge in [-0.25, -0.2) is 4.39 Å². The monoisotopic (exact) mass is 482 g/mol. The van der Waals surface area contributed by atoms with E-state index in [4.69, 9.17) is 4.74 Å². The molecule has 2 N–H and O–H groups in total. The van der Waals surface area contributed by atoms with Gasteiger partial charge >= 0.3 is 0 Å². The van der Waals surface area contributed by atoms with Gasteiger partial charge in [0.25, 0.3) is 5.91 Å². The maximum atomic E-state index is 13.7. The third-order valence-corrected chi connectivity index (χ3v) is 6.90. The Morgan fingerprint density at radius 3 is 2.39 bits per heavy atom. The number of carbonyl (C=O) groups is 2. The van der Waals surface area contributed by atoms with E-state index in [2.05, 4.69) is 10.6 Å². The highest BCUT2D eigenvalue weighted by molar-refractivity contribution is 6.10. The molecule has 0 aromatic heterocycles. The molecular formula is C30H27FN2O3. The maximum absolute atomic E-state index is 13.7. The number of rotatable bonds is 5. The first-order valence-electron chi connectivity index (χ1n) is 11.9. The molecule has 0 bridgehead atoms. The van der Waals surface area contributed by atoms with Crippen molar-refractivity contribution >= 4 is 17.4 Å². The van der Waals surface area contributed by atoms with Crippen molar-refractivity contribution in [1.29, 1.82) is 0 Å². The molecule has 5 nitrogen and oxygen atoms in total. The summed E-state index contributed by atoms with van der Waals surface area (Å²) in [5.74, 6) is -0.660. The van der Waals surface area contributed by atoms with E-state index < -0.39 is 5.92 Å². The fourth-order valence-electron chi connectivity index (χ4n) is 5.25. The summed E-state index contributed by atoms with van der Waals surface area (Å²) in [6.07, 6.45) is 1.03. The summed E-state index contributed by atoms with van der Waals surface area (Å²) in [6.45, 7) is 1.85. The number of carbonyl (C=O) groups excluding carboxylic acids is 2. The lowest BCUT2D eigenvalue weighted by Crippen LogP contribution is -2.37. The van der Waals surface area contributed by atoms with Gasteiger partial charge in [0.15, 0.2) is 5.78 Å².